The Labute approximate surface area is 121 Å². The highest BCUT2D eigenvalue weighted by Crippen LogP contribution is 2.18. The summed E-state index contributed by atoms with van der Waals surface area (Å²) in [5.74, 6) is 1.84. The SMILES string of the molecule is COc1ccc([C@@H](C)NCc2ccc(I)o2)cc1. The van der Waals surface area contributed by atoms with Crippen LogP contribution in [0.5, 0.6) is 5.75 Å². The smallest absolute Gasteiger partial charge is 0.164 e. The van der Waals surface area contributed by atoms with E-state index in [0.29, 0.717) is 0 Å². The molecule has 0 radical (unpaired) electrons. The molecule has 1 N–H and O–H groups in total. The lowest BCUT2D eigenvalue weighted by atomic mass is 10.1. The van der Waals surface area contributed by atoms with Crippen LogP contribution in [0.25, 0.3) is 0 Å². The zero-order chi connectivity index (χ0) is 13.0. The minimum absolute atomic E-state index is 0.277. The summed E-state index contributed by atoms with van der Waals surface area (Å²) in [4.78, 5) is 0. The second-order valence-corrected chi connectivity index (χ2v) is 5.14. The van der Waals surface area contributed by atoms with E-state index in [0.717, 1.165) is 21.8 Å². The van der Waals surface area contributed by atoms with Gasteiger partial charge in [-0.15, -0.1) is 0 Å². The number of hydrogen-bond donors (Lipinski definition) is 1. The van der Waals surface area contributed by atoms with E-state index in [1.165, 1.54) is 5.56 Å². The Morgan fingerprint density at radius 2 is 1.94 bits per heavy atom. The van der Waals surface area contributed by atoms with Crippen molar-refractivity contribution in [2.45, 2.75) is 19.5 Å². The predicted molar refractivity (Wildman–Crippen MR) is 79.7 cm³/mol. The number of methoxy groups -OCH3 is 1. The van der Waals surface area contributed by atoms with Gasteiger partial charge >= 0.3 is 0 Å². The van der Waals surface area contributed by atoms with Gasteiger partial charge in [0.15, 0.2) is 3.77 Å². The van der Waals surface area contributed by atoms with Gasteiger partial charge in [-0.25, -0.2) is 0 Å². The van der Waals surface area contributed by atoms with Gasteiger partial charge in [0, 0.05) is 6.04 Å². The van der Waals surface area contributed by atoms with Crippen LogP contribution in [0, 0.1) is 3.77 Å². The van der Waals surface area contributed by atoms with E-state index in [1.54, 1.807) is 7.11 Å². The van der Waals surface area contributed by atoms with Crippen molar-refractivity contribution in [3.63, 3.8) is 0 Å². The third-order valence-corrected chi connectivity index (χ3v) is 3.41. The van der Waals surface area contributed by atoms with E-state index in [1.807, 2.05) is 24.3 Å². The number of rotatable bonds is 5. The van der Waals surface area contributed by atoms with Crippen LogP contribution in [0.15, 0.2) is 40.8 Å². The fraction of sp³-hybridized carbons (Fsp3) is 0.286. The molecular formula is C14H16INO2. The van der Waals surface area contributed by atoms with Crippen LogP contribution in [0.1, 0.15) is 24.3 Å². The first-order valence-electron chi connectivity index (χ1n) is 5.80. The van der Waals surface area contributed by atoms with Crippen LogP contribution in [-0.4, -0.2) is 7.11 Å². The molecule has 1 aromatic carbocycles. The van der Waals surface area contributed by atoms with Gasteiger partial charge in [-0.2, -0.15) is 0 Å². The maximum Gasteiger partial charge on any atom is 0.164 e. The van der Waals surface area contributed by atoms with Crippen molar-refractivity contribution in [1.82, 2.24) is 5.32 Å². The fourth-order valence-electron chi connectivity index (χ4n) is 1.71. The first kappa shape index (κ1) is 13.4. The number of halogens is 1. The summed E-state index contributed by atoms with van der Waals surface area (Å²) in [6.45, 7) is 2.87. The number of nitrogens with one attached hydrogen (secondary N) is 1. The highest BCUT2D eigenvalue weighted by Gasteiger charge is 2.06. The van der Waals surface area contributed by atoms with Crippen LogP contribution >= 0.6 is 22.6 Å². The van der Waals surface area contributed by atoms with Crippen LogP contribution in [0.2, 0.25) is 0 Å². The summed E-state index contributed by atoms with van der Waals surface area (Å²) >= 11 is 2.17. The average Bonchev–Trinajstić information content (AvgIpc) is 2.82. The maximum absolute atomic E-state index is 5.51. The van der Waals surface area contributed by atoms with Gasteiger partial charge < -0.3 is 14.5 Å². The molecule has 1 aromatic heterocycles. The zero-order valence-electron chi connectivity index (χ0n) is 10.4. The van der Waals surface area contributed by atoms with Crippen molar-refractivity contribution in [2.24, 2.45) is 0 Å². The quantitative estimate of drug-likeness (QED) is 0.828. The molecule has 0 amide bonds. The normalized spacial score (nSPS) is 12.4. The molecule has 0 aliphatic carbocycles. The lowest BCUT2D eigenvalue weighted by molar-refractivity contribution is 0.414. The third kappa shape index (κ3) is 3.49. The molecule has 0 fully saturated rings. The van der Waals surface area contributed by atoms with Crippen LogP contribution in [0.4, 0.5) is 0 Å². The van der Waals surface area contributed by atoms with Gasteiger partial charge in [-0.05, 0) is 59.3 Å². The highest BCUT2D eigenvalue weighted by molar-refractivity contribution is 14.1. The molecule has 18 heavy (non-hydrogen) atoms. The van der Waals surface area contributed by atoms with Gasteiger partial charge in [0.05, 0.1) is 13.7 Å². The number of ether oxygens (including phenoxy) is 1. The Morgan fingerprint density at radius 1 is 1.22 bits per heavy atom. The molecule has 2 rings (SSSR count). The molecule has 0 aliphatic rings. The predicted octanol–water partition coefficient (Wildman–Crippen LogP) is 3.74. The molecule has 0 saturated carbocycles. The molecule has 3 nitrogen and oxygen atoms in total. The molecule has 0 aliphatic heterocycles. The Hall–Kier alpha value is -1.01. The van der Waals surface area contributed by atoms with Crippen LogP contribution in [-0.2, 0) is 6.54 Å². The van der Waals surface area contributed by atoms with Crippen molar-refractivity contribution in [3.05, 3.63) is 51.5 Å². The summed E-state index contributed by atoms with van der Waals surface area (Å²) in [6, 6.07) is 12.3. The Bertz CT molecular complexity index is 493. The summed E-state index contributed by atoms with van der Waals surface area (Å²) < 4.78 is 11.6. The molecule has 1 atom stereocenters. The zero-order valence-corrected chi connectivity index (χ0v) is 12.6. The number of furan rings is 1. The van der Waals surface area contributed by atoms with Crippen molar-refractivity contribution in [2.75, 3.05) is 7.11 Å². The van der Waals surface area contributed by atoms with Crippen molar-refractivity contribution < 1.29 is 9.15 Å². The number of hydrogen-bond acceptors (Lipinski definition) is 3. The van der Waals surface area contributed by atoms with Crippen LogP contribution < -0.4 is 10.1 Å². The molecule has 2 aromatic rings. The van der Waals surface area contributed by atoms with E-state index in [-0.39, 0.29) is 6.04 Å². The number of benzene rings is 1. The van der Waals surface area contributed by atoms with Crippen molar-refractivity contribution >= 4 is 22.6 Å². The molecule has 0 spiro atoms. The van der Waals surface area contributed by atoms with Gasteiger partial charge in [0.1, 0.15) is 11.5 Å². The average molecular weight is 357 g/mol. The summed E-state index contributed by atoms with van der Waals surface area (Å²) in [5, 5.41) is 3.43. The van der Waals surface area contributed by atoms with E-state index >= 15 is 0 Å². The Morgan fingerprint density at radius 3 is 2.50 bits per heavy atom. The highest BCUT2D eigenvalue weighted by atomic mass is 127. The first-order valence-corrected chi connectivity index (χ1v) is 6.88. The summed E-state index contributed by atoms with van der Waals surface area (Å²) in [7, 11) is 1.68. The molecule has 1 heterocycles. The fourth-order valence-corrected chi connectivity index (χ4v) is 2.17. The van der Waals surface area contributed by atoms with E-state index in [4.69, 9.17) is 9.15 Å². The maximum atomic E-state index is 5.51. The molecule has 96 valence electrons. The summed E-state index contributed by atoms with van der Waals surface area (Å²) in [5.41, 5.74) is 1.23. The van der Waals surface area contributed by atoms with Gasteiger partial charge in [0.2, 0.25) is 0 Å². The Kier molecular flexibility index (Phi) is 4.66. The minimum atomic E-state index is 0.277. The summed E-state index contributed by atoms with van der Waals surface area (Å²) in [6.07, 6.45) is 0. The lowest BCUT2D eigenvalue weighted by Crippen LogP contribution is -2.17. The molecular weight excluding hydrogens is 341 g/mol. The standard InChI is InChI=1S/C14H16INO2/c1-10(11-3-5-12(17-2)6-4-11)16-9-13-7-8-14(15)18-13/h3-8,10,16H,9H2,1-2H3/t10-/m1/s1. The monoisotopic (exact) mass is 357 g/mol. The first-order chi connectivity index (χ1) is 8.69. The molecule has 4 heteroatoms. The van der Waals surface area contributed by atoms with Crippen LogP contribution in [0.3, 0.4) is 0 Å². The lowest BCUT2D eigenvalue weighted by Gasteiger charge is -2.13. The van der Waals surface area contributed by atoms with Crippen molar-refractivity contribution in [3.8, 4) is 5.75 Å². The van der Waals surface area contributed by atoms with Gasteiger partial charge in [-0.1, -0.05) is 12.1 Å². The molecule has 0 unspecified atom stereocenters. The molecule has 0 bridgehead atoms. The second kappa shape index (κ2) is 6.24. The second-order valence-electron chi connectivity index (χ2n) is 4.08. The largest absolute Gasteiger partial charge is 0.497 e. The van der Waals surface area contributed by atoms with Gasteiger partial charge in [-0.3, -0.25) is 0 Å². The van der Waals surface area contributed by atoms with E-state index in [2.05, 4.69) is 47.0 Å². The Balaban J connectivity index is 1.92. The third-order valence-electron chi connectivity index (χ3n) is 2.83. The van der Waals surface area contributed by atoms with Crippen molar-refractivity contribution in [1.29, 1.82) is 0 Å². The van der Waals surface area contributed by atoms with E-state index in [9.17, 15) is 0 Å². The molecule has 0 saturated heterocycles. The van der Waals surface area contributed by atoms with E-state index < -0.39 is 0 Å². The minimum Gasteiger partial charge on any atom is -0.497 e. The topological polar surface area (TPSA) is 34.4 Å². The van der Waals surface area contributed by atoms with Gasteiger partial charge in [0.25, 0.3) is 0 Å².